The van der Waals surface area contributed by atoms with Gasteiger partial charge < -0.3 is 19.9 Å². The predicted molar refractivity (Wildman–Crippen MR) is 76.4 cm³/mol. The van der Waals surface area contributed by atoms with Gasteiger partial charge in [-0.15, -0.1) is 0 Å². The first-order valence-corrected chi connectivity index (χ1v) is 6.83. The van der Waals surface area contributed by atoms with E-state index in [4.69, 9.17) is 19.9 Å². The van der Waals surface area contributed by atoms with Gasteiger partial charge in [0.1, 0.15) is 5.75 Å². The Labute approximate surface area is 115 Å². The third-order valence-electron chi connectivity index (χ3n) is 2.51. The van der Waals surface area contributed by atoms with Crippen LogP contribution >= 0.6 is 0 Å². The molecule has 0 saturated heterocycles. The van der Waals surface area contributed by atoms with Crippen LogP contribution in [0.1, 0.15) is 25.8 Å². The maximum absolute atomic E-state index is 5.63. The van der Waals surface area contributed by atoms with E-state index < -0.39 is 0 Å². The fraction of sp³-hybridized carbons (Fsp3) is 0.600. The molecule has 0 amide bonds. The Hall–Kier alpha value is -1.10. The molecule has 1 aromatic rings. The summed E-state index contributed by atoms with van der Waals surface area (Å²) in [6, 6.07) is 7.86. The van der Waals surface area contributed by atoms with Crippen LogP contribution in [0.4, 0.5) is 0 Å². The average Bonchev–Trinajstić information content (AvgIpc) is 2.41. The fourth-order valence-electron chi connectivity index (χ4n) is 1.56. The molecule has 0 heterocycles. The standard InChI is InChI=1S/C15H25NO3/c1-13(2)18-10-9-17-7-4-8-19-15-6-3-5-14(11-15)12-16/h3,5-6,11,13H,4,7-10,12,16H2,1-2H3. The Morgan fingerprint density at radius 1 is 1.11 bits per heavy atom. The molecule has 1 rings (SSSR count). The van der Waals surface area contributed by atoms with Gasteiger partial charge in [0.25, 0.3) is 0 Å². The zero-order valence-electron chi connectivity index (χ0n) is 11.9. The normalized spacial score (nSPS) is 10.9. The number of benzene rings is 1. The van der Waals surface area contributed by atoms with Gasteiger partial charge in [-0.1, -0.05) is 12.1 Å². The molecule has 19 heavy (non-hydrogen) atoms. The summed E-state index contributed by atoms with van der Waals surface area (Å²) in [5, 5.41) is 0. The van der Waals surface area contributed by atoms with Gasteiger partial charge in [-0.25, -0.2) is 0 Å². The van der Waals surface area contributed by atoms with Crippen molar-refractivity contribution in [1.29, 1.82) is 0 Å². The molecule has 0 aromatic heterocycles. The summed E-state index contributed by atoms with van der Waals surface area (Å²) in [5.74, 6) is 0.867. The minimum atomic E-state index is 0.266. The zero-order chi connectivity index (χ0) is 13.9. The van der Waals surface area contributed by atoms with Crippen LogP contribution < -0.4 is 10.5 Å². The Kier molecular flexibility index (Phi) is 8.21. The highest BCUT2D eigenvalue weighted by Gasteiger charge is 1.97. The molecule has 0 bridgehead atoms. The van der Waals surface area contributed by atoms with E-state index in [-0.39, 0.29) is 6.10 Å². The van der Waals surface area contributed by atoms with Crippen LogP contribution in [-0.2, 0) is 16.0 Å². The quantitative estimate of drug-likeness (QED) is 0.661. The molecule has 0 fully saturated rings. The van der Waals surface area contributed by atoms with Gasteiger partial charge >= 0.3 is 0 Å². The average molecular weight is 267 g/mol. The lowest BCUT2D eigenvalue weighted by Gasteiger charge is -2.09. The first kappa shape index (κ1) is 16.0. The van der Waals surface area contributed by atoms with Crippen LogP contribution in [0.5, 0.6) is 5.75 Å². The largest absolute Gasteiger partial charge is 0.493 e. The first-order chi connectivity index (χ1) is 9.22. The fourth-order valence-corrected chi connectivity index (χ4v) is 1.56. The van der Waals surface area contributed by atoms with Gasteiger partial charge in [-0.2, -0.15) is 0 Å². The highest BCUT2D eigenvalue weighted by molar-refractivity contribution is 5.28. The van der Waals surface area contributed by atoms with Gasteiger partial charge in [-0.05, 0) is 31.5 Å². The maximum atomic E-state index is 5.63. The Bertz CT molecular complexity index is 342. The van der Waals surface area contributed by atoms with Crippen LogP contribution in [0.25, 0.3) is 0 Å². The monoisotopic (exact) mass is 267 g/mol. The lowest BCUT2D eigenvalue weighted by atomic mass is 10.2. The molecule has 0 aliphatic rings. The van der Waals surface area contributed by atoms with E-state index in [2.05, 4.69) is 0 Å². The van der Waals surface area contributed by atoms with Crippen molar-refractivity contribution in [3.63, 3.8) is 0 Å². The topological polar surface area (TPSA) is 53.7 Å². The molecule has 0 atom stereocenters. The van der Waals surface area contributed by atoms with E-state index in [1.807, 2.05) is 38.1 Å². The van der Waals surface area contributed by atoms with Crippen LogP contribution in [0, 0.1) is 0 Å². The van der Waals surface area contributed by atoms with Crippen molar-refractivity contribution in [3.8, 4) is 5.75 Å². The molecule has 0 aliphatic heterocycles. The molecule has 2 N–H and O–H groups in total. The van der Waals surface area contributed by atoms with Gasteiger partial charge in [0, 0.05) is 19.6 Å². The molecule has 0 unspecified atom stereocenters. The van der Waals surface area contributed by atoms with E-state index >= 15 is 0 Å². The predicted octanol–water partition coefficient (Wildman–Crippen LogP) is 2.36. The summed E-state index contributed by atoms with van der Waals surface area (Å²) in [7, 11) is 0. The molecular weight excluding hydrogens is 242 g/mol. The van der Waals surface area contributed by atoms with E-state index in [1.54, 1.807) is 0 Å². The zero-order valence-corrected chi connectivity index (χ0v) is 11.9. The van der Waals surface area contributed by atoms with Crippen molar-refractivity contribution >= 4 is 0 Å². The summed E-state index contributed by atoms with van der Waals surface area (Å²) >= 11 is 0. The minimum Gasteiger partial charge on any atom is -0.493 e. The van der Waals surface area contributed by atoms with Crippen molar-refractivity contribution in [2.24, 2.45) is 5.73 Å². The van der Waals surface area contributed by atoms with Gasteiger partial charge in [-0.3, -0.25) is 0 Å². The summed E-state index contributed by atoms with van der Waals surface area (Å²) in [4.78, 5) is 0. The van der Waals surface area contributed by atoms with Crippen LogP contribution in [0.2, 0.25) is 0 Å². The SMILES string of the molecule is CC(C)OCCOCCCOc1cccc(CN)c1. The van der Waals surface area contributed by atoms with Crippen molar-refractivity contribution in [2.45, 2.75) is 32.9 Å². The van der Waals surface area contributed by atoms with Crippen molar-refractivity contribution < 1.29 is 14.2 Å². The van der Waals surface area contributed by atoms with E-state index in [0.717, 1.165) is 17.7 Å². The lowest BCUT2D eigenvalue weighted by molar-refractivity contribution is 0.0170. The molecule has 0 aliphatic carbocycles. The third-order valence-corrected chi connectivity index (χ3v) is 2.51. The molecule has 4 heteroatoms. The highest BCUT2D eigenvalue weighted by atomic mass is 16.5. The Balaban J connectivity index is 2.01. The number of rotatable bonds is 10. The molecule has 0 radical (unpaired) electrons. The lowest BCUT2D eigenvalue weighted by Crippen LogP contribution is -2.11. The number of hydrogen-bond acceptors (Lipinski definition) is 4. The maximum Gasteiger partial charge on any atom is 0.119 e. The Morgan fingerprint density at radius 3 is 2.68 bits per heavy atom. The molecular formula is C15H25NO3. The minimum absolute atomic E-state index is 0.266. The summed E-state index contributed by atoms with van der Waals surface area (Å²) in [6.07, 6.45) is 1.14. The van der Waals surface area contributed by atoms with Gasteiger partial charge in [0.15, 0.2) is 0 Å². The molecule has 4 nitrogen and oxygen atoms in total. The van der Waals surface area contributed by atoms with Gasteiger partial charge in [0.2, 0.25) is 0 Å². The number of ether oxygens (including phenoxy) is 3. The third kappa shape index (κ3) is 7.82. The van der Waals surface area contributed by atoms with Gasteiger partial charge in [0.05, 0.1) is 25.9 Å². The molecule has 0 spiro atoms. The van der Waals surface area contributed by atoms with E-state index in [0.29, 0.717) is 33.0 Å². The van der Waals surface area contributed by atoms with Crippen molar-refractivity contribution in [3.05, 3.63) is 29.8 Å². The number of nitrogens with two attached hydrogens (primary N) is 1. The second-order valence-corrected chi connectivity index (χ2v) is 4.59. The second-order valence-electron chi connectivity index (χ2n) is 4.59. The molecule has 0 saturated carbocycles. The summed E-state index contributed by atoms with van der Waals surface area (Å²) in [6.45, 7) is 7.21. The smallest absolute Gasteiger partial charge is 0.119 e. The van der Waals surface area contributed by atoms with Crippen LogP contribution in [0.3, 0.4) is 0 Å². The van der Waals surface area contributed by atoms with E-state index in [9.17, 15) is 0 Å². The number of hydrogen-bond donors (Lipinski definition) is 1. The first-order valence-electron chi connectivity index (χ1n) is 6.83. The Morgan fingerprint density at radius 2 is 1.95 bits per heavy atom. The molecule has 1 aromatic carbocycles. The van der Waals surface area contributed by atoms with Crippen LogP contribution in [-0.4, -0.2) is 32.5 Å². The second kappa shape index (κ2) is 9.78. The van der Waals surface area contributed by atoms with Crippen molar-refractivity contribution in [1.82, 2.24) is 0 Å². The van der Waals surface area contributed by atoms with E-state index in [1.165, 1.54) is 0 Å². The molecule has 108 valence electrons. The highest BCUT2D eigenvalue weighted by Crippen LogP contribution is 2.12. The summed E-state index contributed by atoms with van der Waals surface area (Å²) in [5.41, 5.74) is 6.66. The summed E-state index contributed by atoms with van der Waals surface area (Å²) < 4.78 is 16.4. The van der Waals surface area contributed by atoms with Crippen molar-refractivity contribution in [2.75, 3.05) is 26.4 Å². The van der Waals surface area contributed by atoms with Crippen LogP contribution in [0.15, 0.2) is 24.3 Å².